The minimum atomic E-state index is -1.13. The average molecular weight is 474 g/mol. The van der Waals surface area contributed by atoms with Crippen LogP contribution < -0.4 is 9.64 Å². The number of carboxylic acid groups (broad SMARTS) is 1. The van der Waals surface area contributed by atoms with E-state index in [1.807, 2.05) is 48.5 Å². The van der Waals surface area contributed by atoms with Crippen LogP contribution in [0, 0.1) is 5.92 Å². The van der Waals surface area contributed by atoms with E-state index in [0.29, 0.717) is 17.9 Å². The van der Waals surface area contributed by atoms with Gasteiger partial charge in [0, 0.05) is 36.3 Å². The van der Waals surface area contributed by atoms with Crippen molar-refractivity contribution in [3.05, 3.63) is 72.3 Å². The Morgan fingerprint density at radius 2 is 1.69 bits per heavy atom. The Morgan fingerprint density at radius 1 is 0.971 bits per heavy atom. The van der Waals surface area contributed by atoms with Crippen molar-refractivity contribution < 1.29 is 29.0 Å². The molecule has 180 valence electrons. The van der Waals surface area contributed by atoms with Gasteiger partial charge < -0.3 is 9.84 Å². The summed E-state index contributed by atoms with van der Waals surface area (Å²) in [7, 11) is 0. The third-order valence-electron chi connectivity index (χ3n) is 6.39. The lowest BCUT2D eigenvalue weighted by atomic mass is 9.89. The molecule has 7 heteroatoms. The number of para-hydroxylation sites is 1. The average Bonchev–Trinajstić information content (AvgIpc) is 3.26. The van der Waals surface area contributed by atoms with E-state index >= 15 is 0 Å². The maximum absolute atomic E-state index is 13.4. The van der Waals surface area contributed by atoms with Crippen molar-refractivity contribution >= 4 is 39.9 Å². The third-order valence-corrected chi connectivity index (χ3v) is 6.39. The Bertz CT molecular complexity index is 1280. The number of carbonyl (C=O) groups is 4. The van der Waals surface area contributed by atoms with Crippen LogP contribution in [0.5, 0.6) is 5.75 Å². The number of nitrogens with zero attached hydrogens (tertiary/aromatic N) is 1. The van der Waals surface area contributed by atoms with Gasteiger partial charge in [-0.15, -0.1) is 0 Å². The van der Waals surface area contributed by atoms with Crippen molar-refractivity contribution in [1.82, 2.24) is 0 Å². The van der Waals surface area contributed by atoms with Gasteiger partial charge in [-0.2, -0.15) is 0 Å². The smallest absolute Gasteiger partial charge is 0.304 e. The van der Waals surface area contributed by atoms with Crippen LogP contribution in [0.4, 0.5) is 5.69 Å². The van der Waals surface area contributed by atoms with Crippen LogP contribution in [-0.4, -0.2) is 41.2 Å². The zero-order valence-electron chi connectivity index (χ0n) is 19.5. The van der Waals surface area contributed by atoms with E-state index in [1.165, 1.54) is 4.90 Å². The SMILES string of the molecule is CCC(=O)C(CC(=O)O)CC(=O)[C@@H]1Cc2ccccc2N1C(=O)COc1cccc2ccccc12. The fraction of sp³-hybridized carbons (Fsp3) is 0.286. The number of hydrogen-bond acceptors (Lipinski definition) is 5. The van der Waals surface area contributed by atoms with Crippen LogP contribution in [0.1, 0.15) is 31.7 Å². The molecule has 0 saturated carbocycles. The molecule has 1 heterocycles. The number of fused-ring (bicyclic) bond motifs is 2. The summed E-state index contributed by atoms with van der Waals surface area (Å²) in [6.07, 6.45) is -0.158. The van der Waals surface area contributed by atoms with Gasteiger partial charge in [0.15, 0.2) is 12.4 Å². The summed E-state index contributed by atoms with van der Waals surface area (Å²) >= 11 is 0. The van der Waals surface area contributed by atoms with Crippen molar-refractivity contribution in [3.63, 3.8) is 0 Å². The first-order valence-electron chi connectivity index (χ1n) is 11.7. The maximum atomic E-state index is 13.4. The highest BCUT2D eigenvalue weighted by Gasteiger charge is 2.39. The summed E-state index contributed by atoms with van der Waals surface area (Å²) in [5.74, 6) is -2.44. The lowest BCUT2D eigenvalue weighted by molar-refractivity contribution is -0.141. The normalized spacial score (nSPS) is 15.5. The number of anilines is 1. The van der Waals surface area contributed by atoms with Crippen LogP contribution in [0.15, 0.2) is 66.7 Å². The minimum Gasteiger partial charge on any atom is -0.483 e. The first kappa shape index (κ1) is 24.1. The molecular formula is C28H27NO6. The number of ketones is 2. The van der Waals surface area contributed by atoms with Crippen LogP contribution in [-0.2, 0) is 25.6 Å². The Balaban J connectivity index is 1.55. The predicted octanol–water partition coefficient (Wildman–Crippen LogP) is 4.21. The number of rotatable bonds is 10. The number of carbonyl (C=O) groups excluding carboxylic acids is 3. The van der Waals surface area contributed by atoms with Crippen molar-refractivity contribution in [2.75, 3.05) is 11.5 Å². The van der Waals surface area contributed by atoms with Crippen molar-refractivity contribution in [1.29, 1.82) is 0 Å². The Hall–Kier alpha value is -4.00. The van der Waals surface area contributed by atoms with Crippen molar-refractivity contribution in [2.24, 2.45) is 5.92 Å². The summed E-state index contributed by atoms with van der Waals surface area (Å²) < 4.78 is 5.89. The molecule has 1 aliphatic heterocycles. The van der Waals surface area contributed by atoms with Gasteiger partial charge in [0.2, 0.25) is 0 Å². The molecule has 2 atom stereocenters. The monoisotopic (exact) mass is 473 g/mol. The highest BCUT2D eigenvalue weighted by atomic mass is 16.5. The second-order valence-electron chi connectivity index (χ2n) is 8.66. The molecule has 0 bridgehead atoms. The minimum absolute atomic E-state index is 0.150. The molecule has 1 amide bonds. The third kappa shape index (κ3) is 5.24. The van der Waals surface area contributed by atoms with Gasteiger partial charge in [0.1, 0.15) is 11.5 Å². The van der Waals surface area contributed by atoms with E-state index in [2.05, 4.69) is 0 Å². The van der Waals surface area contributed by atoms with Gasteiger partial charge in [-0.3, -0.25) is 24.1 Å². The van der Waals surface area contributed by atoms with Gasteiger partial charge in [0.25, 0.3) is 5.91 Å². The van der Waals surface area contributed by atoms with Crippen molar-refractivity contribution in [2.45, 2.75) is 38.6 Å². The molecule has 4 rings (SSSR count). The number of benzene rings is 3. The molecule has 3 aromatic carbocycles. The van der Waals surface area contributed by atoms with Crippen LogP contribution in [0.3, 0.4) is 0 Å². The molecule has 0 aliphatic carbocycles. The molecule has 7 nitrogen and oxygen atoms in total. The zero-order valence-corrected chi connectivity index (χ0v) is 19.5. The van der Waals surface area contributed by atoms with Crippen LogP contribution >= 0.6 is 0 Å². The van der Waals surface area contributed by atoms with E-state index in [-0.39, 0.29) is 36.9 Å². The van der Waals surface area contributed by atoms with E-state index in [0.717, 1.165) is 16.3 Å². The summed E-state index contributed by atoms with van der Waals surface area (Å²) in [6.45, 7) is 1.38. The van der Waals surface area contributed by atoms with E-state index in [4.69, 9.17) is 4.74 Å². The standard InChI is InChI=1S/C28H27NO6/c1-2-24(30)20(16-28(33)34)15-25(31)23-14-19-9-4-6-12-22(19)29(23)27(32)17-35-26-13-7-10-18-8-3-5-11-21(18)26/h3-13,20,23H,2,14-17H2,1H3,(H,33,34)/t20?,23-/m0/s1. The van der Waals surface area contributed by atoms with Gasteiger partial charge in [-0.1, -0.05) is 61.5 Å². The number of Topliss-reactive ketones (excluding diaryl/α,β-unsaturated/α-hetero) is 2. The molecule has 3 aromatic rings. The summed E-state index contributed by atoms with van der Waals surface area (Å²) in [5, 5.41) is 11.1. The Morgan fingerprint density at radius 3 is 2.46 bits per heavy atom. The summed E-state index contributed by atoms with van der Waals surface area (Å²) in [5.41, 5.74) is 1.48. The molecule has 1 aliphatic rings. The molecule has 35 heavy (non-hydrogen) atoms. The fourth-order valence-electron chi connectivity index (χ4n) is 4.66. The molecule has 0 aromatic heterocycles. The van der Waals surface area contributed by atoms with E-state index < -0.39 is 24.3 Å². The van der Waals surface area contributed by atoms with Crippen molar-refractivity contribution in [3.8, 4) is 5.75 Å². The van der Waals surface area contributed by atoms with E-state index in [1.54, 1.807) is 25.1 Å². The quantitative estimate of drug-likeness (QED) is 0.474. The maximum Gasteiger partial charge on any atom is 0.304 e. The molecule has 0 saturated heterocycles. The molecule has 0 spiro atoms. The van der Waals surface area contributed by atoms with Crippen LogP contribution in [0.25, 0.3) is 10.8 Å². The van der Waals surface area contributed by atoms with Gasteiger partial charge in [-0.05, 0) is 23.1 Å². The Labute approximate surface area is 203 Å². The number of carboxylic acids is 1. The second kappa shape index (κ2) is 10.5. The lowest BCUT2D eigenvalue weighted by Gasteiger charge is -2.26. The molecule has 1 unspecified atom stereocenters. The topological polar surface area (TPSA) is 101 Å². The summed E-state index contributed by atoms with van der Waals surface area (Å²) in [6, 6.07) is 19.8. The van der Waals surface area contributed by atoms with Crippen LogP contribution in [0.2, 0.25) is 0 Å². The predicted molar refractivity (Wildman–Crippen MR) is 132 cm³/mol. The first-order chi connectivity index (χ1) is 16.9. The molecule has 1 N–H and O–H groups in total. The zero-order chi connectivity index (χ0) is 24.9. The highest BCUT2D eigenvalue weighted by molar-refractivity contribution is 6.05. The number of hydrogen-bond donors (Lipinski definition) is 1. The van der Waals surface area contributed by atoms with Gasteiger partial charge in [-0.25, -0.2) is 0 Å². The number of amides is 1. The fourth-order valence-corrected chi connectivity index (χ4v) is 4.66. The molecule has 0 radical (unpaired) electrons. The lowest BCUT2D eigenvalue weighted by Crippen LogP contribution is -2.46. The van der Waals surface area contributed by atoms with Gasteiger partial charge in [0.05, 0.1) is 12.5 Å². The largest absolute Gasteiger partial charge is 0.483 e. The van der Waals surface area contributed by atoms with E-state index in [9.17, 15) is 24.3 Å². The summed E-state index contributed by atoms with van der Waals surface area (Å²) in [4.78, 5) is 51.7. The number of ether oxygens (including phenoxy) is 1. The molecule has 0 fully saturated rings. The first-order valence-corrected chi connectivity index (χ1v) is 11.7. The Kier molecular flexibility index (Phi) is 7.25. The highest BCUT2D eigenvalue weighted by Crippen LogP contribution is 2.34. The molecular weight excluding hydrogens is 446 g/mol. The number of aliphatic carboxylic acids is 1. The van der Waals surface area contributed by atoms with Gasteiger partial charge >= 0.3 is 5.97 Å². The second-order valence-corrected chi connectivity index (χ2v) is 8.66.